The van der Waals surface area contributed by atoms with Crippen molar-refractivity contribution < 1.29 is 14.3 Å². The summed E-state index contributed by atoms with van der Waals surface area (Å²) in [6.45, 7) is 6.24. The van der Waals surface area contributed by atoms with E-state index in [0.29, 0.717) is 37.9 Å². The average Bonchev–Trinajstić information content (AvgIpc) is 2.98. The van der Waals surface area contributed by atoms with Crippen molar-refractivity contribution in [1.82, 2.24) is 20.1 Å². The summed E-state index contributed by atoms with van der Waals surface area (Å²) < 4.78 is 12.3. The molecule has 7 nitrogen and oxygen atoms in total. The third-order valence-corrected chi connectivity index (χ3v) is 7.73. The number of amides is 1. The van der Waals surface area contributed by atoms with Gasteiger partial charge in [-0.15, -0.1) is 0 Å². The zero-order valence-corrected chi connectivity index (χ0v) is 23.5. The van der Waals surface area contributed by atoms with Gasteiger partial charge in [-0.1, -0.05) is 61.7 Å². The summed E-state index contributed by atoms with van der Waals surface area (Å²) in [6, 6.07) is 20.2. The molecule has 40 heavy (non-hydrogen) atoms. The Morgan fingerprint density at radius 2 is 1.48 bits per heavy atom. The first kappa shape index (κ1) is 28.1. The Hall–Kier alpha value is -3.42. The summed E-state index contributed by atoms with van der Waals surface area (Å²) in [4.78, 5) is 22.5. The lowest BCUT2D eigenvalue weighted by Gasteiger charge is -2.27. The van der Waals surface area contributed by atoms with Crippen LogP contribution in [0.25, 0.3) is 0 Å². The topological polar surface area (TPSA) is 66.9 Å². The van der Waals surface area contributed by atoms with Crippen LogP contribution in [0.4, 0.5) is 0 Å². The molecular weight excluding hydrogens is 500 g/mol. The molecule has 0 saturated carbocycles. The van der Waals surface area contributed by atoms with E-state index in [-0.39, 0.29) is 5.91 Å². The zero-order chi connectivity index (χ0) is 27.4. The fraction of sp³-hybridized carbons (Fsp3) is 0.455. The molecule has 2 aliphatic heterocycles. The number of hydrogen-bond acceptors (Lipinski definition) is 6. The van der Waals surface area contributed by atoms with Gasteiger partial charge < -0.3 is 14.8 Å². The molecule has 0 radical (unpaired) electrons. The summed E-state index contributed by atoms with van der Waals surface area (Å²) in [6.07, 6.45) is 9.83. The second-order valence-corrected chi connectivity index (χ2v) is 10.9. The van der Waals surface area contributed by atoms with Crippen LogP contribution >= 0.6 is 0 Å². The third kappa shape index (κ3) is 8.29. The lowest BCUT2D eigenvalue weighted by molar-refractivity contribution is -0.122. The fourth-order valence-corrected chi connectivity index (χ4v) is 5.52. The number of pyridine rings is 1. The number of ether oxygens (including phenoxy) is 2. The van der Waals surface area contributed by atoms with Gasteiger partial charge >= 0.3 is 0 Å². The van der Waals surface area contributed by atoms with Crippen molar-refractivity contribution in [2.24, 2.45) is 0 Å². The van der Waals surface area contributed by atoms with E-state index < -0.39 is 0 Å². The number of nitrogens with one attached hydrogen (secondary N) is 1. The first-order chi connectivity index (χ1) is 19.7. The molecule has 1 aromatic heterocycles. The lowest BCUT2D eigenvalue weighted by atomic mass is 10.0. The van der Waals surface area contributed by atoms with Gasteiger partial charge in [-0.25, -0.2) is 4.98 Å². The highest BCUT2D eigenvalue weighted by molar-refractivity contribution is 5.78. The second kappa shape index (κ2) is 14.8. The minimum absolute atomic E-state index is 0.0407. The Labute approximate surface area is 238 Å². The van der Waals surface area contributed by atoms with Crippen molar-refractivity contribution in [3.63, 3.8) is 0 Å². The average molecular weight is 543 g/mol. The molecule has 5 rings (SSSR count). The highest BCUT2D eigenvalue weighted by Crippen LogP contribution is 2.32. The van der Waals surface area contributed by atoms with Crippen LogP contribution in [0, 0.1) is 0 Å². The molecule has 1 amide bonds. The number of fused-ring (bicyclic) bond motifs is 2. The van der Waals surface area contributed by atoms with Crippen molar-refractivity contribution in [1.29, 1.82) is 0 Å². The van der Waals surface area contributed by atoms with Gasteiger partial charge in [0.1, 0.15) is 0 Å². The summed E-state index contributed by atoms with van der Waals surface area (Å²) in [5.41, 5.74) is 3.46. The summed E-state index contributed by atoms with van der Waals surface area (Å²) in [7, 11) is 0. The van der Waals surface area contributed by atoms with E-state index in [9.17, 15) is 4.79 Å². The van der Waals surface area contributed by atoms with Crippen LogP contribution in [-0.2, 0) is 24.4 Å². The molecule has 2 aliphatic rings. The maximum Gasteiger partial charge on any atom is 0.234 e. The maximum atomic E-state index is 13.2. The Bertz CT molecular complexity index is 1230. The minimum Gasteiger partial charge on any atom is -0.490 e. The molecule has 3 aromatic rings. The number of benzene rings is 2. The van der Waals surface area contributed by atoms with Gasteiger partial charge in [0.2, 0.25) is 11.8 Å². The van der Waals surface area contributed by atoms with E-state index in [1.807, 2.05) is 36.4 Å². The standard InChI is InChI=1S/C33H42N4O3/c38-32(35-23-27-13-4-5-14-28(27)24-36-19-9-3-10-20-36)26-37-21-8-1-2-11-22-39-30-16-6-7-17-31(30)40-33-29(25-37)15-12-18-34-33/h4-7,12-18H,1-3,8-11,19-26H2,(H,35,38). The van der Waals surface area contributed by atoms with Gasteiger partial charge in [0, 0.05) is 31.4 Å². The number of hydrogen-bond donors (Lipinski definition) is 1. The normalized spacial score (nSPS) is 17.4. The van der Waals surface area contributed by atoms with Gasteiger partial charge in [-0.05, 0) is 74.6 Å². The molecule has 3 heterocycles. The van der Waals surface area contributed by atoms with Crippen molar-refractivity contribution >= 4 is 5.91 Å². The largest absolute Gasteiger partial charge is 0.490 e. The molecular formula is C33H42N4O3. The zero-order valence-electron chi connectivity index (χ0n) is 23.5. The monoisotopic (exact) mass is 542 g/mol. The van der Waals surface area contributed by atoms with Crippen LogP contribution in [0.3, 0.4) is 0 Å². The van der Waals surface area contributed by atoms with E-state index in [1.54, 1.807) is 6.20 Å². The summed E-state index contributed by atoms with van der Waals surface area (Å²) >= 11 is 0. The van der Waals surface area contributed by atoms with Gasteiger partial charge in [0.25, 0.3) is 0 Å². The van der Waals surface area contributed by atoms with Gasteiger partial charge in [0.05, 0.1) is 13.2 Å². The predicted molar refractivity (Wildman–Crippen MR) is 157 cm³/mol. The van der Waals surface area contributed by atoms with Crippen LogP contribution in [0.5, 0.6) is 17.4 Å². The SMILES string of the molecule is O=C(CN1CCCCCCOc2ccccc2Oc2ncccc2C1)NCc1ccccc1CN1CCCCC1. The van der Waals surface area contributed by atoms with E-state index in [2.05, 4.69) is 44.4 Å². The van der Waals surface area contributed by atoms with Crippen LogP contribution in [0.1, 0.15) is 61.6 Å². The second-order valence-electron chi connectivity index (χ2n) is 10.9. The van der Waals surface area contributed by atoms with Crippen LogP contribution in [0.2, 0.25) is 0 Å². The van der Waals surface area contributed by atoms with Crippen molar-refractivity contribution in [3.05, 3.63) is 83.6 Å². The molecule has 0 aliphatic carbocycles. The van der Waals surface area contributed by atoms with E-state index in [1.165, 1.54) is 30.4 Å². The highest BCUT2D eigenvalue weighted by atomic mass is 16.5. The van der Waals surface area contributed by atoms with E-state index in [4.69, 9.17) is 9.47 Å². The minimum atomic E-state index is 0.0407. The number of carbonyl (C=O) groups is 1. The molecule has 1 saturated heterocycles. The van der Waals surface area contributed by atoms with E-state index in [0.717, 1.165) is 63.2 Å². The molecule has 212 valence electrons. The number of piperidine rings is 1. The molecule has 0 spiro atoms. The number of carbonyl (C=O) groups excluding carboxylic acids is 1. The van der Waals surface area contributed by atoms with Crippen molar-refractivity contribution in [2.75, 3.05) is 32.8 Å². The molecule has 2 aromatic carbocycles. The maximum absolute atomic E-state index is 13.2. The van der Waals surface area contributed by atoms with Gasteiger partial charge in [-0.3, -0.25) is 14.6 Å². The smallest absolute Gasteiger partial charge is 0.234 e. The molecule has 7 heteroatoms. The number of para-hydroxylation sites is 2. The molecule has 1 N–H and O–H groups in total. The highest BCUT2D eigenvalue weighted by Gasteiger charge is 2.18. The molecule has 0 atom stereocenters. The Morgan fingerprint density at radius 3 is 2.33 bits per heavy atom. The molecule has 0 bridgehead atoms. The number of rotatable bonds is 6. The Balaban J connectivity index is 1.24. The summed E-state index contributed by atoms with van der Waals surface area (Å²) in [5, 5.41) is 3.20. The quantitative estimate of drug-likeness (QED) is 0.416. The van der Waals surface area contributed by atoms with Crippen molar-refractivity contribution in [2.45, 2.75) is 64.6 Å². The van der Waals surface area contributed by atoms with E-state index >= 15 is 0 Å². The first-order valence-electron chi connectivity index (χ1n) is 14.9. The Kier molecular flexibility index (Phi) is 10.4. The van der Waals surface area contributed by atoms with Gasteiger partial charge in [-0.2, -0.15) is 0 Å². The van der Waals surface area contributed by atoms with Crippen LogP contribution in [-0.4, -0.2) is 53.5 Å². The third-order valence-electron chi connectivity index (χ3n) is 7.73. The van der Waals surface area contributed by atoms with Crippen LogP contribution in [0.15, 0.2) is 66.9 Å². The molecule has 1 fully saturated rings. The summed E-state index contributed by atoms with van der Waals surface area (Å²) in [5.74, 6) is 1.98. The lowest BCUT2D eigenvalue weighted by Crippen LogP contribution is -2.37. The predicted octanol–water partition coefficient (Wildman–Crippen LogP) is 5.93. The molecule has 0 unspecified atom stereocenters. The number of aromatic nitrogens is 1. The Morgan fingerprint density at radius 1 is 0.775 bits per heavy atom. The number of likely N-dealkylation sites (tertiary alicyclic amines) is 1. The number of nitrogens with zero attached hydrogens (tertiary/aromatic N) is 3. The van der Waals surface area contributed by atoms with Crippen molar-refractivity contribution in [3.8, 4) is 17.4 Å². The van der Waals surface area contributed by atoms with Crippen LogP contribution < -0.4 is 14.8 Å². The first-order valence-corrected chi connectivity index (χ1v) is 14.9. The van der Waals surface area contributed by atoms with Gasteiger partial charge in [0.15, 0.2) is 11.5 Å². The fourth-order valence-electron chi connectivity index (χ4n) is 5.52.